The third kappa shape index (κ3) is 59.0. The standard InChI is InChI=1S/C69H102O6/c1-4-7-10-13-16-19-22-25-27-29-31-33-34-36-37-39-41-44-47-50-53-56-59-62-68(71)74-65-66(64-73-67(70)61-58-55-52-49-46-43-24-21-18-15-12-9-6-3)75-69(72)63-60-57-54-51-48-45-42-40-38-35-32-30-28-26-23-20-17-14-11-8-5-2/h7-12,16-21,25-28,31-33,35-37,40-44,46,50,52-53,55,66H,4-6,13-15,22-24,29-30,34,38-39,45,47-49,51,54,56-65H2,1-3H3/b10-7-,11-8-,12-9-,19-16-,20-17-,21-18-,27-25-,28-26-,33-31-,35-32-,37-36-,42-40-,44-41-,46-43-,53-50-,55-52-. The normalized spacial score (nSPS) is 13.6. The van der Waals surface area contributed by atoms with Gasteiger partial charge in [0.25, 0.3) is 0 Å². The summed E-state index contributed by atoms with van der Waals surface area (Å²) < 4.78 is 16.7. The highest BCUT2D eigenvalue weighted by molar-refractivity contribution is 5.71. The van der Waals surface area contributed by atoms with Crippen LogP contribution < -0.4 is 0 Å². The highest BCUT2D eigenvalue weighted by Gasteiger charge is 2.19. The van der Waals surface area contributed by atoms with Crippen molar-refractivity contribution >= 4 is 17.9 Å². The number of allylic oxidation sites excluding steroid dienone is 32. The van der Waals surface area contributed by atoms with Crippen molar-refractivity contribution in [2.45, 2.75) is 207 Å². The number of carbonyl (C=O) groups excluding carboxylic acids is 3. The molecule has 0 aliphatic heterocycles. The van der Waals surface area contributed by atoms with E-state index >= 15 is 0 Å². The summed E-state index contributed by atoms with van der Waals surface area (Å²) in [6, 6.07) is 0. The second-order valence-corrected chi connectivity index (χ2v) is 18.0. The van der Waals surface area contributed by atoms with Crippen LogP contribution in [0.5, 0.6) is 0 Å². The highest BCUT2D eigenvalue weighted by Crippen LogP contribution is 2.11. The summed E-state index contributed by atoms with van der Waals surface area (Å²) >= 11 is 0. The molecule has 0 aliphatic carbocycles. The third-order valence-electron chi connectivity index (χ3n) is 11.1. The van der Waals surface area contributed by atoms with Crippen LogP contribution in [-0.4, -0.2) is 37.2 Å². The summed E-state index contributed by atoms with van der Waals surface area (Å²) in [4.78, 5) is 38.1. The lowest BCUT2D eigenvalue weighted by Gasteiger charge is -2.18. The molecule has 6 heteroatoms. The Morgan fingerprint density at radius 1 is 0.267 bits per heavy atom. The molecule has 0 radical (unpaired) electrons. The van der Waals surface area contributed by atoms with Crippen LogP contribution in [0.3, 0.4) is 0 Å². The first kappa shape index (κ1) is 69.2. The van der Waals surface area contributed by atoms with Crippen molar-refractivity contribution in [3.63, 3.8) is 0 Å². The van der Waals surface area contributed by atoms with Gasteiger partial charge in [-0.05, 0) is 141 Å². The molecule has 0 bridgehead atoms. The van der Waals surface area contributed by atoms with Gasteiger partial charge in [-0.15, -0.1) is 0 Å². The van der Waals surface area contributed by atoms with Crippen molar-refractivity contribution in [1.82, 2.24) is 0 Å². The van der Waals surface area contributed by atoms with Crippen molar-refractivity contribution in [3.05, 3.63) is 194 Å². The van der Waals surface area contributed by atoms with E-state index in [0.29, 0.717) is 12.8 Å². The predicted molar refractivity (Wildman–Crippen MR) is 324 cm³/mol. The lowest BCUT2D eigenvalue weighted by molar-refractivity contribution is -0.166. The molecule has 0 aliphatic rings. The number of unbranched alkanes of at least 4 members (excludes halogenated alkanes) is 6. The van der Waals surface area contributed by atoms with Gasteiger partial charge in [0.2, 0.25) is 0 Å². The Hall–Kier alpha value is -5.75. The molecule has 0 rings (SSSR count). The highest BCUT2D eigenvalue weighted by atomic mass is 16.6. The topological polar surface area (TPSA) is 78.9 Å². The van der Waals surface area contributed by atoms with Gasteiger partial charge < -0.3 is 14.2 Å². The van der Waals surface area contributed by atoms with Crippen LogP contribution in [-0.2, 0) is 28.6 Å². The first-order chi connectivity index (χ1) is 37.0. The number of rotatable bonds is 49. The Labute approximate surface area is 458 Å². The molecule has 0 aromatic carbocycles. The average molecular weight is 1030 g/mol. The largest absolute Gasteiger partial charge is 0.462 e. The molecule has 75 heavy (non-hydrogen) atoms. The van der Waals surface area contributed by atoms with E-state index in [9.17, 15) is 14.4 Å². The molecular weight excluding hydrogens is 925 g/mol. The fourth-order valence-corrected chi connectivity index (χ4v) is 6.88. The summed E-state index contributed by atoms with van der Waals surface area (Å²) in [6.07, 6.45) is 93.0. The minimum absolute atomic E-state index is 0.150. The van der Waals surface area contributed by atoms with Crippen LogP contribution in [0.15, 0.2) is 194 Å². The molecule has 1 atom stereocenters. The number of hydrogen-bond acceptors (Lipinski definition) is 6. The molecule has 414 valence electrons. The lowest BCUT2D eigenvalue weighted by Crippen LogP contribution is -2.30. The Morgan fingerprint density at radius 3 is 0.867 bits per heavy atom. The van der Waals surface area contributed by atoms with Crippen LogP contribution in [0.2, 0.25) is 0 Å². The smallest absolute Gasteiger partial charge is 0.306 e. The molecule has 0 aromatic rings. The molecule has 0 aromatic heterocycles. The zero-order valence-corrected chi connectivity index (χ0v) is 47.2. The minimum atomic E-state index is -0.854. The van der Waals surface area contributed by atoms with E-state index in [4.69, 9.17) is 14.2 Å². The molecule has 0 spiro atoms. The van der Waals surface area contributed by atoms with Crippen molar-refractivity contribution < 1.29 is 28.6 Å². The summed E-state index contributed by atoms with van der Waals surface area (Å²) in [7, 11) is 0. The third-order valence-corrected chi connectivity index (χ3v) is 11.1. The van der Waals surface area contributed by atoms with Crippen molar-refractivity contribution in [1.29, 1.82) is 0 Å². The zero-order chi connectivity index (χ0) is 54.3. The van der Waals surface area contributed by atoms with Crippen molar-refractivity contribution in [3.8, 4) is 0 Å². The number of esters is 3. The molecule has 0 N–H and O–H groups in total. The lowest BCUT2D eigenvalue weighted by atomic mass is 10.1. The quantitative estimate of drug-likeness (QED) is 0.0261. The monoisotopic (exact) mass is 1030 g/mol. The van der Waals surface area contributed by atoms with E-state index in [1.165, 1.54) is 0 Å². The van der Waals surface area contributed by atoms with Gasteiger partial charge in [0.15, 0.2) is 6.10 Å². The Bertz CT molecular complexity index is 1850. The fraction of sp³-hybridized carbons (Fsp3) is 0.493. The van der Waals surface area contributed by atoms with Crippen molar-refractivity contribution in [2.24, 2.45) is 0 Å². The maximum absolute atomic E-state index is 12.9. The summed E-state index contributed by atoms with van der Waals surface area (Å²) in [5.74, 6) is -1.12. The zero-order valence-electron chi connectivity index (χ0n) is 47.2. The number of carbonyl (C=O) groups is 3. The van der Waals surface area contributed by atoms with E-state index in [1.54, 1.807) is 0 Å². The van der Waals surface area contributed by atoms with Crippen LogP contribution >= 0.6 is 0 Å². The maximum atomic E-state index is 12.9. The first-order valence-corrected chi connectivity index (χ1v) is 28.9. The first-order valence-electron chi connectivity index (χ1n) is 28.9. The Morgan fingerprint density at radius 2 is 0.520 bits per heavy atom. The SMILES string of the molecule is CC/C=C\C/C=C\C/C=C\C/C=C\C/C=C\C/C=C\C/C=C\CCCC(=O)OCC(COC(=O)CC/C=C\C/C=C\C/C=C\C/C=C\CC)OC(=O)CCCCCCC/C=C\C/C=C\C/C=C\C/C=C\C/C=C\CC. The number of hydrogen-bond donors (Lipinski definition) is 0. The Kier molecular flexibility index (Phi) is 56.1. The van der Waals surface area contributed by atoms with E-state index < -0.39 is 6.10 Å². The molecule has 0 fully saturated rings. The Balaban J connectivity index is 4.61. The van der Waals surface area contributed by atoms with E-state index in [2.05, 4.69) is 203 Å². The minimum Gasteiger partial charge on any atom is -0.462 e. The molecule has 0 amide bonds. The van der Waals surface area contributed by atoms with Gasteiger partial charge in [-0.3, -0.25) is 14.4 Å². The van der Waals surface area contributed by atoms with E-state index in [-0.39, 0.29) is 50.4 Å². The second-order valence-electron chi connectivity index (χ2n) is 18.0. The second kappa shape index (κ2) is 60.8. The van der Waals surface area contributed by atoms with Crippen LogP contribution in [0.25, 0.3) is 0 Å². The van der Waals surface area contributed by atoms with Crippen molar-refractivity contribution in [2.75, 3.05) is 13.2 Å². The van der Waals surface area contributed by atoms with Gasteiger partial charge >= 0.3 is 17.9 Å². The summed E-state index contributed by atoms with van der Waals surface area (Å²) in [5.41, 5.74) is 0. The fourth-order valence-electron chi connectivity index (χ4n) is 6.88. The molecular formula is C69H102O6. The molecule has 0 heterocycles. The van der Waals surface area contributed by atoms with Gasteiger partial charge in [-0.1, -0.05) is 234 Å². The van der Waals surface area contributed by atoms with E-state index in [1.807, 2.05) is 12.2 Å². The van der Waals surface area contributed by atoms with Gasteiger partial charge in [0.05, 0.1) is 0 Å². The molecule has 6 nitrogen and oxygen atoms in total. The van der Waals surface area contributed by atoms with Gasteiger partial charge in [-0.2, -0.15) is 0 Å². The summed E-state index contributed by atoms with van der Waals surface area (Å²) in [6.45, 7) is 6.13. The predicted octanol–water partition coefficient (Wildman–Crippen LogP) is 19.9. The summed E-state index contributed by atoms with van der Waals surface area (Å²) in [5, 5.41) is 0. The van der Waals surface area contributed by atoms with E-state index in [0.717, 1.165) is 148 Å². The van der Waals surface area contributed by atoms with Crippen LogP contribution in [0.4, 0.5) is 0 Å². The average Bonchev–Trinajstić information content (AvgIpc) is 3.41. The number of ether oxygens (including phenoxy) is 3. The molecule has 1 unspecified atom stereocenters. The van der Waals surface area contributed by atoms with Gasteiger partial charge in [0.1, 0.15) is 13.2 Å². The van der Waals surface area contributed by atoms with Crippen LogP contribution in [0.1, 0.15) is 201 Å². The maximum Gasteiger partial charge on any atom is 0.306 e. The molecule has 0 saturated carbocycles. The molecule has 0 saturated heterocycles. The van der Waals surface area contributed by atoms with Gasteiger partial charge in [-0.25, -0.2) is 0 Å². The van der Waals surface area contributed by atoms with Gasteiger partial charge in [0, 0.05) is 19.3 Å². The van der Waals surface area contributed by atoms with Crippen LogP contribution in [0, 0.1) is 0 Å².